The molecule has 1 aromatic carbocycles. The van der Waals surface area contributed by atoms with Gasteiger partial charge in [-0.1, -0.05) is 26.0 Å². The minimum Gasteiger partial charge on any atom is -0.458 e. The number of aryl methyl sites for hydroxylation is 1. The highest BCUT2D eigenvalue weighted by atomic mass is 19.1. The molecule has 1 N–H and O–H groups in total. The fraction of sp³-hybridized carbons (Fsp3) is 0.519. The number of aromatic nitrogens is 4. The summed E-state index contributed by atoms with van der Waals surface area (Å²) < 4.78 is 19.3. The van der Waals surface area contributed by atoms with Crippen molar-refractivity contribution in [2.45, 2.75) is 66.1 Å². The van der Waals surface area contributed by atoms with Gasteiger partial charge in [0.2, 0.25) is 17.6 Å². The molecule has 2 heterocycles. The van der Waals surface area contributed by atoms with Crippen LogP contribution in [0.3, 0.4) is 0 Å². The molecule has 3 aromatic rings. The van der Waals surface area contributed by atoms with Crippen molar-refractivity contribution >= 4 is 11.8 Å². The molecular weight excluding hydrogens is 489 g/mol. The molecule has 2 aromatic heterocycles. The second kappa shape index (κ2) is 12.8. The van der Waals surface area contributed by atoms with Crippen molar-refractivity contribution in [3.05, 3.63) is 53.5 Å². The Morgan fingerprint density at radius 2 is 1.76 bits per heavy atom. The van der Waals surface area contributed by atoms with Crippen molar-refractivity contribution in [1.82, 2.24) is 35.3 Å². The van der Waals surface area contributed by atoms with Crippen molar-refractivity contribution in [2.24, 2.45) is 0 Å². The number of rotatable bonds is 12. The fourth-order valence-corrected chi connectivity index (χ4v) is 4.13. The third kappa shape index (κ3) is 7.95. The molecule has 2 amide bonds. The van der Waals surface area contributed by atoms with Gasteiger partial charge in [0.1, 0.15) is 24.2 Å². The lowest BCUT2D eigenvalue weighted by molar-refractivity contribution is -0.142. The number of furan rings is 1. The Morgan fingerprint density at radius 1 is 1.08 bits per heavy atom. The van der Waals surface area contributed by atoms with E-state index in [0.717, 1.165) is 19.6 Å². The SMILES string of the molecule is CCN(CC)CCCN(C(=O)Cn1nnc(-c2ccc(C)o2)n1)[C@@H](C(=O)NC(C)(C)C)c1ccc(F)cc1. The van der Waals surface area contributed by atoms with E-state index in [0.29, 0.717) is 30.0 Å². The van der Waals surface area contributed by atoms with Crippen LogP contribution < -0.4 is 5.32 Å². The number of nitrogens with one attached hydrogen (secondary N) is 1. The molecular formula is C27H38FN7O3. The van der Waals surface area contributed by atoms with Gasteiger partial charge < -0.3 is 19.5 Å². The van der Waals surface area contributed by atoms with Crippen molar-refractivity contribution in [2.75, 3.05) is 26.2 Å². The normalized spacial score (nSPS) is 12.5. The molecule has 0 aliphatic carbocycles. The molecule has 0 saturated heterocycles. The van der Waals surface area contributed by atoms with Crippen LogP contribution in [0.2, 0.25) is 0 Å². The Balaban J connectivity index is 1.91. The van der Waals surface area contributed by atoms with E-state index in [1.807, 2.05) is 27.7 Å². The first-order valence-corrected chi connectivity index (χ1v) is 12.9. The smallest absolute Gasteiger partial charge is 0.247 e. The summed E-state index contributed by atoms with van der Waals surface area (Å²) in [5.41, 5.74) is -0.0166. The van der Waals surface area contributed by atoms with Crippen molar-refractivity contribution in [3.63, 3.8) is 0 Å². The predicted octanol–water partition coefficient (Wildman–Crippen LogP) is 3.60. The Hall–Kier alpha value is -3.60. The second-order valence-corrected chi connectivity index (χ2v) is 10.2. The van der Waals surface area contributed by atoms with E-state index in [-0.39, 0.29) is 24.2 Å². The molecule has 38 heavy (non-hydrogen) atoms. The number of amides is 2. The van der Waals surface area contributed by atoms with Crippen LogP contribution in [0.1, 0.15) is 58.4 Å². The van der Waals surface area contributed by atoms with Crippen LogP contribution in [0.5, 0.6) is 0 Å². The summed E-state index contributed by atoms with van der Waals surface area (Å²) in [6, 6.07) is 8.23. The molecule has 206 valence electrons. The average molecular weight is 528 g/mol. The van der Waals surface area contributed by atoms with E-state index in [1.165, 1.54) is 34.0 Å². The van der Waals surface area contributed by atoms with E-state index >= 15 is 0 Å². The molecule has 10 nitrogen and oxygen atoms in total. The minimum atomic E-state index is -0.963. The molecule has 0 radical (unpaired) electrons. The van der Waals surface area contributed by atoms with E-state index in [4.69, 9.17) is 4.42 Å². The second-order valence-electron chi connectivity index (χ2n) is 10.2. The summed E-state index contributed by atoms with van der Waals surface area (Å²) in [7, 11) is 0. The number of carbonyl (C=O) groups is 2. The quantitative estimate of drug-likeness (QED) is 0.383. The number of carbonyl (C=O) groups excluding carboxylic acids is 2. The molecule has 0 unspecified atom stereocenters. The maximum Gasteiger partial charge on any atom is 0.247 e. The zero-order chi connectivity index (χ0) is 27.9. The Kier molecular flexibility index (Phi) is 9.73. The molecule has 1 atom stereocenters. The highest BCUT2D eigenvalue weighted by molar-refractivity contribution is 5.89. The lowest BCUT2D eigenvalue weighted by Gasteiger charge is -2.34. The summed E-state index contributed by atoms with van der Waals surface area (Å²) in [5.74, 6) is 0.293. The van der Waals surface area contributed by atoms with Gasteiger partial charge >= 0.3 is 0 Å². The minimum absolute atomic E-state index is 0.224. The van der Waals surface area contributed by atoms with Crippen LogP contribution in [0.4, 0.5) is 4.39 Å². The maximum atomic E-state index is 13.8. The van der Waals surface area contributed by atoms with Crippen LogP contribution in [-0.4, -0.2) is 73.5 Å². The van der Waals surface area contributed by atoms with Crippen molar-refractivity contribution < 1.29 is 18.4 Å². The van der Waals surface area contributed by atoms with Gasteiger partial charge in [0.15, 0.2) is 5.76 Å². The first-order valence-electron chi connectivity index (χ1n) is 12.9. The third-order valence-corrected chi connectivity index (χ3v) is 6.02. The lowest BCUT2D eigenvalue weighted by Crippen LogP contribution is -2.50. The zero-order valence-corrected chi connectivity index (χ0v) is 23.1. The van der Waals surface area contributed by atoms with Gasteiger partial charge in [-0.25, -0.2) is 4.39 Å². The average Bonchev–Trinajstić information content (AvgIpc) is 3.49. The number of benzene rings is 1. The number of tetrazole rings is 1. The first kappa shape index (κ1) is 29.0. The first-order chi connectivity index (χ1) is 18.0. The van der Waals surface area contributed by atoms with Gasteiger partial charge in [-0.2, -0.15) is 4.80 Å². The van der Waals surface area contributed by atoms with Gasteiger partial charge in [-0.05, 0) is 88.8 Å². The van der Waals surface area contributed by atoms with Gasteiger partial charge in [-0.15, -0.1) is 10.2 Å². The van der Waals surface area contributed by atoms with E-state index in [9.17, 15) is 14.0 Å². The Morgan fingerprint density at radius 3 is 2.34 bits per heavy atom. The monoisotopic (exact) mass is 527 g/mol. The maximum absolute atomic E-state index is 13.8. The predicted molar refractivity (Wildman–Crippen MR) is 141 cm³/mol. The standard InChI is InChI=1S/C27H38FN7O3/c1-7-33(8-2)16-9-17-34(23(36)18-35-31-25(30-32-35)22-15-10-19(3)38-22)24(26(37)29-27(4,5)6)20-11-13-21(28)14-12-20/h10-15,24H,7-9,16-18H2,1-6H3,(H,29,37)/t24-/m1/s1. The number of hydrogen-bond acceptors (Lipinski definition) is 7. The van der Waals surface area contributed by atoms with Crippen LogP contribution in [0.25, 0.3) is 11.6 Å². The Labute approximate surface area is 223 Å². The summed E-state index contributed by atoms with van der Waals surface area (Å²) in [6.45, 7) is 14.2. The summed E-state index contributed by atoms with van der Waals surface area (Å²) in [4.78, 5) is 32.3. The number of hydrogen-bond donors (Lipinski definition) is 1. The molecule has 0 saturated carbocycles. The molecule has 0 spiro atoms. The lowest BCUT2D eigenvalue weighted by atomic mass is 10.0. The Bertz CT molecular complexity index is 1200. The van der Waals surface area contributed by atoms with Crippen LogP contribution >= 0.6 is 0 Å². The van der Waals surface area contributed by atoms with Gasteiger partial charge in [0, 0.05) is 12.1 Å². The summed E-state index contributed by atoms with van der Waals surface area (Å²) in [6.07, 6.45) is 0.648. The van der Waals surface area contributed by atoms with Crippen LogP contribution in [0.15, 0.2) is 40.8 Å². The molecule has 0 aliphatic heterocycles. The summed E-state index contributed by atoms with van der Waals surface area (Å²) in [5, 5.41) is 15.3. The highest BCUT2D eigenvalue weighted by Gasteiger charge is 2.33. The topological polar surface area (TPSA) is 109 Å². The van der Waals surface area contributed by atoms with E-state index in [2.05, 4.69) is 39.5 Å². The molecule has 0 fully saturated rings. The van der Waals surface area contributed by atoms with Gasteiger partial charge in [-0.3, -0.25) is 9.59 Å². The molecule has 3 rings (SSSR count). The van der Waals surface area contributed by atoms with E-state index in [1.54, 1.807) is 12.1 Å². The van der Waals surface area contributed by atoms with Crippen LogP contribution in [-0.2, 0) is 16.1 Å². The summed E-state index contributed by atoms with van der Waals surface area (Å²) >= 11 is 0. The van der Waals surface area contributed by atoms with E-state index < -0.39 is 17.4 Å². The molecule has 0 aliphatic rings. The number of nitrogens with zero attached hydrogens (tertiary/aromatic N) is 6. The van der Waals surface area contributed by atoms with Gasteiger partial charge in [0.05, 0.1) is 0 Å². The highest BCUT2D eigenvalue weighted by Crippen LogP contribution is 2.24. The largest absolute Gasteiger partial charge is 0.458 e. The third-order valence-electron chi connectivity index (χ3n) is 6.02. The van der Waals surface area contributed by atoms with Crippen molar-refractivity contribution in [1.29, 1.82) is 0 Å². The number of halogens is 1. The van der Waals surface area contributed by atoms with Crippen molar-refractivity contribution in [3.8, 4) is 11.6 Å². The van der Waals surface area contributed by atoms with Crippen LogP contribution in [0, 0.1) is 12.7 Å². The molecule has 11 heteroatoms. The molecule has 0 bridgehead atoms. The van der Waals surface area contributed by atoms with Gasteiger partial charge in [0.25, 0.3) is 0 Å². The fourth-order valence-electron chi connectivity index (χ4n) is 4.13. The zero-order valence-electron chi connectivity index (χ0n) is 23.1.